The molecule has 0 unspecified atom stereocenters. The van der Waals surface area contributed by atoms with Crippen LogP contribution in [0.1, 0.15) is 13.3 Å². The average Bonchev–Trinajstić information content (AvgIpc) is 2.24. The van der Waals surface area contributed by atoms with Crippen LogP contribution in [0.15, 0.2) is 18.5 Å². The number of aromatic nitrogens is 1. The average molecular weight is 222 g/mol. The van der Waals surface area contributed by atoms with E-state index in [0.29, 0.717) is 0 Å². The van der Waals surface area contributed by atoms with Crippen LogP contribution in [0.3, 0.4) is 0 Å². The van der Waals surface area contributed by atoms with Gasteiger partial charge in [-0.3, -0.25) is 4.98 Å². The van der Waals surface area contributed by atoms with Crippen LogP contribution in [0.25, 0.3) is 0 Å². The van der Waals surface area contributed by atoms with Gasteiger partial charge in [0.15, 0.2) is 0 Å². The molecule has 0 aromatic carbocycles. The van der Waals surface area contributed by atoms with Gasteiger partial charge in [-0.05, 0) is 26.6 Å². The van der Waals surface area contributed by atoms with Gasteiger partial charge in [0.1, 0.15) is 0 Å². The summed E-state index contributed by atoms with van der Waals surface area (Å²) in [6.07, 6.45) is 4.68. The summed E-state index contributed by atoms with van der Waals surface area (Å²) in [5, 5.41) is 0. The van der Waals surface area contributed by atoms with Crippen molar-refractivity contribution in [2.24, 2.45) is 0 Å². The zero-order chi connectivity index (χ0) is 12.0. The molecular weight excluding hydrogens is 200 g/mol. The van der Waals surface area contributed by atoms with Gasteiger partial charge in [-0.1, -0.05) is 6.92 Å². The van der Waals surface area contributed by atoms with Crippen LogP contribution in [0.5, 0.6) is 0 Å². The van der Waals surface area contributed by atoms with E-state index in [1.54, 1.807) is 6.20 Å². The van der Waals surface area contributed by atoms with Gasteiger partial charge in [-0.2, -0.15) is 0 Å². The number of nitrogens with zero attached hydrogens (tertiary/aromatic N) is 3. The first-order valence-corrected chi connectivity index (χ1v) is 5.73. The minimum Gasteiger partial charge on any atom is -0.397 e. The van der Waals surface area contributed by atoms with Gasteiger partial charge in [0.05, 0.1) is 17.6 Å². The van der Waals surface area contributed by atoms with E-state index >= 15 is 0 Å². The molecular formula is C12H22N4. The fourth-order valence-corrected chi connectivity index (χ4v) is 1.58. The molecule has 2 N–H and O–H groups in total. The fraction of sp³-hybridized carbons (Fsp3) is 0.583. The Balaban J connectivity index is 2.68. The van der Waals surface area contributed by atoms with Crippen LogP contribution < -0.4 is 10.6 Å². The van der Waals surface area contributed by atoms with Crippen LogP contribution in [0, 0.1) is 0 Å². The molecule has 0 aliphatic carbocycles. The number of hydrogen-bond donors (Lipinski definition) is 1. The maximum absolute atomic E-state index is 5.75. The molecule has 0 atom stereocenters. The Kier molecular flexibility index (Phi) is 5.05. The van der Waals surface area contributed by atoms with Crippen molar-refractivity contribution in [2.45, 2.75) is 13.3 Å². The minimum atomic E-state index is 0.725. The van der Waals surface area contributed by atoms with Crippen molar-refractivity contribution >= 4 is 11.4 Å². The largest absolute Gasteiger partial charge is 0.397 e. The lowest BCUT2D eigenvalue weighted by atomic mass is 10.3. The highest BCUT2D eigenvalue weighted by Gasteiger charge is 2.06. The van der Waals surface area contributed by atoms with Crippen molar-refractivity contribution in [2.75, 3.05) is 44.4 Å². The third-order valence-electron chi connectivity index (χ3n) is 2.42. The smallest absolute Gasteiger partial charge is 0.0573 e. The van der Waals surface area contributed by atoms with Crippen molar-refractivity contribution in [3.8, 4) is 0 Å². The molecule has 4 nitrogen and oxygen atoms in total. The Morgan fingerprint density at radius 2 is 1.94 bits per heavy atom. The molecule has 0 fully saturated rings. The van der Waals surface area contributed by atoms with E-state index < -0.39 is 0 Å². The van der Waals surface area contributed by atoms with Crippen LogP contribution in [0.2, 0.25) is 0 Å². The van der Waals surface area contributed by atoms with E-state index in [4.69, 9.17) is 5.73 Å². The molecule has 0 saturated heterocycles. The lowest BCUT2D eigenvalue weighted by Crippen LogP contribution is -2.32. The number of hydrogen-bond acceptors (Lipinski definition) is 4. The second-order valence-electron chi connectivity index (χ2n) is 4.27. The summed E-state index contributed by atoms with van der Waals surface area (Å²) in [4.78, 5) is 8.64. The second-order valence-corrected chi connectivity index (χ2v) is 4.27. The first-order valence-electron chi connectivity index (χ1n) is 5.73. The summed E-state index contributed by atoms with van der Waals surface area (Å²) in [5.74, 6) is 0. The SMILES string of the molecule is CCCN(CCN(C)C)c1cncc(N)c1. The van der Waals surface area contributed by atoms with E-state index in [9.17, 15) is 0 Å². The second kappa shape index (κ2) is 6.33. The van der Waals surface area contributed by atoms with Gasteiger partial charge in [0.2, 0.25) is 0 Å². The third kappa shape index (κ3) is 4.06. The quantitative estimate of drug-likeness (QED) is 0.791. The normalized spacial score (nSPS) is 10.8. The highest BCUT2D eigenvalue weighted by molar-refractivity contribution is 5.53. The summed E-state index contributed by atoms with van der Waals surface area (Å²) in [7, 11) is 4.17. The molecule has 0 bridgehead atoms. The van der Waals surface area contributed by atoms with Gasteiger partial charge in [0.25, 0.3) is 0 Å². The Hall–Kier alpha value is -1.29. The van der Waals surface area contributed by atoms with Crippen LogP contribution in [-0.4, -0.2) is 43.6 Å². The fourth-order valence-electron chi connectivity index (χ4n) is 1.58. The Bertz CT molecular complexity index is 312. The van der Waals surface area contributed by atoms with Gasteiger partial charge in [-0.25, -0.2) is 0 Å². The highest BCUT2D eigenvalue weighted by atomic mass is 15.2. The molecule has 0 radical (unpaired) electrons. The van der Waals surface area contributed by atoms with E-state index in [0.717, 1.165) is 37.4 Å². The molecule has 16 heavy (non-hydrogen) atoms. The molecule has 0 saturated carbocycles. The Labute approximate surface area is 98.1 Å². The molecule has 0 spiro atoms. The van der Waals surface area contributed by atoms with E-state index in [1.165, 1.54) is 0 Å². The Morgan fingerprint density at radius 3 is 2.50 bits per heavy atom. The van der Waals surface area contributed by atoms with Gasteiger partial charge < -0.3 is 15.5 Å². The number of pyridine rings is 1. The van der Waals surface area contributed by atoms with Gasteiger partial charge in [-0.15, -0.1) is 0 Å². The van der Waals surface area contributed by atoms with Crippen molar-refractivity contribution < 1.29 is 0 Å². The Morgan fingerprint density at radius 1 is 1.19 bits per heavy atom. The predicted octanol–water partition coefficient (Wildman–Crippen LogP) is 1.44. The zero-order valence-electron chi connectivity index (χ0n) is 10.5. The van der Waals surface area contributed by atoms with Gasteiger partial charge >= 0.3 is 0 Å². The molecule has 0 amide bonds. The summed E-state index contributed by atoms with van der Waals surface area (Å²) in [6, 6.07) is 1.98. The monoisotopic (exact) mass is 222 g/mol. The van der Waals surface area contributed by atoms with E-state index in [1.807, 2.05) is 12.3 Å². The molecule has 1 aromatic rings. The standard InChI is InChI=1S/C12H22N4/c1-4-5-16(7-6-15(2)3)12-8-11(13)9-14-10-12/h8-10H,4-7,13H2,1-3H3. The minimum absolute atomic E-state index is 0.725. The molecule has 4 heteroatoms. The molecule has 1 aromatic heterocycles. The number of likely N-dealkylation sites (N-methyl/N-ethyl adjacent to an activating group) is 1. The maximum atomic E-state index is 5.75. The number of nitrogen functional groups attached to an aromatic ring is 1. The summed E-state index contributed by atoms with van der Waals surface area (Å²) in [5.41, 5.74) is 7.59. The van der Waals surface area contributed by atoms with Crippen LogP contribution >= 0.6 is 0 Å². The van der Waals surface area contributed by atoms with Crippen LogP contribution in [0.4, 0.5) is 11.4 Å². The zero-order valence-corrected chi connectivity index (χ0v) is 10.5. The van der Waals surface area contributed by atoms with Crippen molar-refractivity contribution in [1.82, 2.24) is 9.88 Å². The number of nitrogens with two attached hydrogens (primary N) is 1. The number of anilines is 2. The van der Waals surface area contributed by atoms with Crippen molar-refractivity contribution in [1.29, 1.82) is 0 Å². The predicted molar refractivity (Wildman–Crippen MR) is 69.7 cm³/mol. The summed E-state index contributed by atoms with van der Waals surface area (Å²) < 4.78 is 0. The van der Waals surface area contributed by atoms with E-state index in [2.05, 4.69) is 35.8 Å². The molecule has 90 valence electrons. The van der Waals surface area contributed by atoms with Crippen molar-refractivity contribution in [3.05, 3.63) is 18.5 Å². The third-order valence-corrected chi connectivity index (χ3v) is 2.42. The summed E-state index contributed by atoms with van der Waals surface area (Å²) >= 11 is 0. The summed E-state index contributed by atoms with van der Waals surface area (Å²) in [6.45, 7) is 5.27. The lowest BCUT2D eigenvalue weighted by Gasteiger charge is -2.25. The van der Waals surface area contributed by atoms with Crippen molar-refractivity contribution in [3.63, 3.8) is 0 Å². The number of rotatable bonds is 6. The molecule has 0 aliphatic rings. The van der Waals surface area contributed by atoms with Crippen LogP contribution in [-0.2, 0) is 0 Å². The van der Waals surface area contributed by atoms with Gasteiger partial charge in [0, 0.05) is 25.8 Å². The first kappa shape index (κ1) is 12.8. The van der Waals surface area contributed by atoms with E-state index in [-0.39, 0.29) is 0 Å². The molecule has 1 heterocycles. The maximum Gasteiger partial charge on any atom is 0.0573 e. The topological polar surface area (TPSA) is 45.4 Å². The lowest BCUT2D eigenvalue weighted by molar-refractivity contribution is 0.413. The highest BCUT2D eigenvalue weighted by Crippen LogP contribution is 2.15. The first-order chi connectivity index (χ1) is 7.63. The molecule has 0 aliphatic heterocycles. The molecule has 1 rings (SSSR count).